The van der Waals surface area contributed by atoms with Crippen molar-refractivity contribution in [1.29, 1.82) is 5.41 Å². The van der Waals surface area contributed by atoms with Crippen molar-refractivity contribution >= 4 is 6.21 Å². The summed E-state index contributed by atoms with van der Waals surface area (Å²) >= 11 is 0. The number of halogens is 1. The molecule has 3 nitrogen and oxygen atoms in total. The van der Waals surface area contributed by atoms with Crippen molar-refractivity contribution in [2.75, 3.05) is 19.8 Å². The molecule has 0 heterocycles. The second-order valence-electron chi connectivity index (χ2n) is 3.35. The van der Waals surface area contributed by atoms with Gasteiger partial charge in [-0.1, -0.05) is 0 Å². The summed E-state index contributed by atoms with van der Waals surface area (Å²) in [5, 5.41) is 7.19. The van der Waals surface area contributed by atoms with Gasteiger partial charge < -0.3 is 14.9 Å². The maximum atomic E-state index is 12.6. The lowest BCUT2D eigenvalue weighted by molar-refractivity contribution is 0.112. The molecule has 0 aliphatic heterocycles. The molecule has 0 fully saturated rings. The number of benzene rings is 1. The molecule has 1 aromatic carbocycles. The molecular formula is C12H16FNO2. The molecule has 0 radical (unpaired) electrons. The van der Waals surface area contributed by atoms with Crippen LogP contribution < -0.4 is 4.74 Å². The fourth-order valence-corrected chi connectivity index (χ4v) is 1.15. The quantitative estimate of drug-likeness (QED) is 0.724. The summed E-state index contributed by atoms with van der Waals surface area (Å²) in [6.07, 6.45) is 1.30. The van der Waals surface area contributed by atoms with E-state index < -0.39 is 0 Å². The Hall–Kier alpha value is -1.42. The monoisotopic (exact) mass is 225 g/mol. The highest BCUT2D eigenvalue weighted by atomic mass is 19.1. The van der Waals surface area contributed by atoms with Gasteiger partial charge in [0.15, 0.2) is 0 Å². The van der Waals surface area contributed by atoms with Crippen LogP contribution >= 0.6 is 0 Å². The molecule has 0 bridgehead atoms. The number of rotatable bonds is 7. The lowest BCUT2D eigenvalue weighted by Gasteiger charge is -2.12. The van der Waals surface area contributed by atoms with Gasteiger partial charge in [-0.2, -0.15) is 0 Å². The van der Waals surface area contributed by atoms with Crippen LogP contribution in [0.3, 0.4) is 0 Å². The van der Waals surface area contributed by atoms with Gasteiger partial charge in [-0.15, -0.1) is 0 Å². The lowest BCUT2D eigenvalue weighted by atomic mass is 10.2. The molecular weight excluding hydrogens is 209 g/mol. The van der Waals surface area contributed by atoms with E-state index in [1.54, 1.807) is 12.1 Å². The zero-order valence-electron chi connectivity index (χ0n) is 9.28. The minimum absolute atomic E-state index is 0.0648. The van der Waals surface area contributed by atoms with Gasteiger partial charge in [-0.05, 0) is 31.2 Å². The van der Waals surface area contributed by atoms with Crippen LogP contribution in [0.5, 0.6) is 5.75 Å². The van der Waals surface area contributed by atoms with Crippen molar-refractivity contribution in [2.45, 2.75) is 6.92 Å². The van der Waals surface area contributed by atoms with E-state index in [0.29, 0.717) is 25.6 Å². The Balaban J connectivity index is 2.37. The standard InChI is InChI=1S/C12H16FNO2/c1-2-15-8-10(7-14)9-16-12-5-3-11(13)4-6-12/h3-7,10,14H,2,8-9H2,1H3. The van der Waals surface area contributed by atoms with E-state index in [9.17, 15) is 4.39 Å². The van der Waals surface area contributed by atoms with Gasteiger partial charge >= 0.3 is 0 Å². The Morgan fingerprint density at radius 1 is 1.31 bits per heavy atom. The third-order valence-electron chi connectivity index (χ3n) is 2.05. The maximum absolute atomic E-state index is 12.6. The van der Waals surface area contributed by atoms with E-state index in [-0.39, 0.29) is 11.7 Å². The van der Waals surface area contributed by atoms with E-state index in [0.717, 1.165) is 0 Å². The topological polar surface area (TPSA) is 42.3 Å². The second kappa shape index (κ2) is 6.95. The van der Waals surface area contributed by atoms with Gasteiger partial charge in [-0.3, -0.25) is 0 Å². The fraction of sp³-hybridized carbons (Fsp3) is 0.417. The van der Waals surface area contributed by atoms with Gasteiger partial charge in [-0.25, -0.2) is 4.39 Å². The summed E-state index contributed by atoms with van der Waals surface area (Å²) in [5.74, 6) is 0.250. The van der Waals surface area contributed by atoms with Gasteiger partial charge in [0, 0.05) is 12.8 Å². The average molecular weight is 225 g/mol. The van der Waals surface area contributed by atoms with Crippen LogP contribution in [0.1, 0.15) is 6.92 Å². The molecule has 0 amide bonds. The normalized spacial score (nSPS) is 12.1. The molecule has 1 rings (SSSR count). The number of nitrogens with one attached hydrogen (secondary N) is 1. The van der Waals surface area contributed by atoms with Gasteiger partial charge in [0.25, 0.3) is 0 Å². The summed E-state index contributed by atoms with van der Waals surface area (Å²) in [4.78, 5) is 0. The highest BCUT2D eigenvalue weighted by Gasteiger charge is 2.06. The smallest absolute Gasteiger partial charge is 0.123 e. The fourth-order valence-electron chi connectivity index (χ4n) is 1.15. The van der Waals surface area contributed by atoms with Crippen molar-refractivity contribution in [3.05, 3.63) is 30.1 Å². The molecule has 0 aliphatic rings. The zero-order chi connectivity index (χ0) is 11.8. The minimum Gasteiger partial charge on any atom is -0.493 e. The Kier molecular flexibility index (Phi) is 5.50. The van der Waals surface area contributed by atoms with Gasteiger partial charge in [0.05, 0.1) is 19.1 Å². The summed E-state index contributed by atoms with van der Waals surface area (Å²) in [5.41, 5.74) is 0. The molecule has 0 aliphatic carbocycles. The van der Waals surface area contributed by atoms with Crippen molar-refractivity contribution in [3.8, 4) is 5.75 Å². The summed E-state index contributed by atoms with van der Waals surface area (Å²) < 4.78 is 23.2. The molecule has 0 aromatic heterocycles. The number of hydrogen-bond donors (Lipinski definition) is 1. The highest BCUT2D eigenvalue weighted by molar-refractivity contribution is 5.57. The Bertz CT molecular complexity index is 313. The van der Waals surface area contributed by atoms with Crippen molar-refractivity contribution < 1.29 is 13.9 Å². The summed E-state index contributed by atoms with van der Waals surface area (Å²) in [6, 6.07) is 5.82. The predicted octanol–water partition coefficient (Wildman–Crippen LogP) is 2.51. The molecule has 88 valence electrons. The van der Waals surface area contributed by atoms with Gasteiger partial charge in [0.1, 0.15) is 11.6 Å². The molecule has 1 aromatic rings. The van der Waals surface area contributed by atoms with Crippen molar-refractivity contribution in [3.63, 3.8) is 0 Å². The second-order valence-corrected chi connectivity index (χ2v) is 3.35. The van der Waals surface area contributed by atoms with E-state index >= 15 is 0 Å². The molecule has 1 atom stereocenters. The Morgan fingerprint density at radius 2 is 2.00 bits per heavy atom. The summed E-state index contributed by atoms with van der Waals surface area (Å²) in [7, 11) is 0. The Morgan fingerprint density at radius 3 is 2.56 bits per heavy atom. The van der Waals surface area contributed by atoms with E-state index in [4.69, 9.17) is 14.9 Å². The first-order valence-corrected chi connectivity index (χ1v) is 5.23. The zero-order valence-corrected chi connectivity index (χ0v) is 9.28. The Labute approximate surface area is 94.7 Å². The molecule has 0 saturated heterocycles. The van der Waals surface area contributed by atoms with Crippen LogP contribution in [0.2, 0.25) is 0 Å². The minimum atomic E-state index is -0.287. The average Bonchev–Trinajstić information content (AvgIpc) is 2.32. The first-order chi connectivity index (χ1) is 7.76. The molecule has 0 saturated carbocycles. The van der Waals surface area contributed by atoms with E-state index in [2.05, 4.69) is 0 Å². The van der Waals surface area contributed by atoms with Crippen LogP contribution in [0, 0.1) is 17.1 Å². The van der Waals surface area contributed by atoms with Crippen LogP contribution in [0.15, 0.2) is 24.3 Å². The van der Waals surface area contributed by atoms with Gasteiger partial charge in [0.2, 0.25) is 0 Å². The highest BCUT2D eigenvalue weighted by Crippen LogP contribution is 2.12. The first kappa shape index (κ1) is 12.6. The summed E-state index contributed by atoms with van der Waals surface area (Å²) in [6.45, 7) is 3.37. The SMILES string of the molecule is CCOCC(C=N)COc1ccc(F)cc1. The first-order valence-electron chi connectivity index (χ1n) is 5.23. The van der Waals surface area contributed by atoms with Crippen molar-refractivity contribution in [1.82, 2.24) is 0 Å². The maximum Gasteiger partial charge on any atom is 0.123 e. The lowest BCUT2D eigenvalue weighted by Crippen LogP contribution is -2.19. The third kappa shape index (κ3) is 4.40. The van der Waals surface area contributed by atoms with Crippen LogP contribution in [0.4, 0.5) is 4.39 Å². The predicted molar refractivity (Wildman–Crippen MR) is 60.7 cm³/mol. The largest absolute Gasteiger partial charge is 0.493 e. The third-order valence-corrected chi connectivity index (χ3v) is 2.05. The van der Waals surface area contributed by atoms with Crippen molar-refractivity contribution in [2.24, 2.45) is 5.92 Å². The number of hydrogen-bond acceptors (Lipinski definition) is 3. The molecule has 4 heteroatoms. The molecule has 1 unspecified atom stereocenters. The molecule has 16 heavy (non-hydrogen) atoms. The molecule has 0 spiro atoms. The van der Waals surface area contributed by atoms with Crippen LogP contribution in [-0.2, 0) is 4.74 Å². The van der Waals surface area contributed by atoms with Crippen LogP contribution in [0.25, 0.3) is 0 Å². The molecule has 1 N–H and O–H groups in total. The van der Waals surface area contributed by atoms with E-state index in [1.807, 2.05) is 6.92 Å². The van der Waals surface area contributed by atoms with Crippen LogP contribution in [-0.4, -0.2) is 26.0 Å². The van der Waals surface area contributed by atoms with E-state index in [1.165, 1.54) is 18.3 Å². The number of ether oxygens (including phenoxy) is 2.